The minimum atomic E-state index is -0.0175. The van der Waals surface area contributed by atoms with Crippen molar-refractivity contribution in [1.82, 2.24) is 10.6 Å². The summed E-state index contributed by atoms with van der Waals surface area (Å²) in [5.74, 6) is 1.23. The van der Waals surface area contributed by atoms with Crippen molar-refractivity contribution in [3.05, 3.63) is 0 Å². The summed E-state index contributed by atoms with van der Waals surface area (Å²) in [6, 6.07) is 1.99. The van der Waals surface area contributed by atoms with Gasteiger partial charge in [0.15, 0.2) is 0 Å². The van der Waals surface area contributed by atoms with Gasteiger partial charge in [0.05, 0.1) is 19.0 Å². The van der Waals surface area contributed by atoms with E-state index >= 15 is 0 Å². The Labute approximate surface area is 101 Å². The van der Waals surface area contributed by atoms with Gasteiger partial charge in [-0.2, -0.15) is 17.0 Å². The van der Waals surface area contributed by atoms with E-state index in [2.05, 4.69) is 10.6 Å². The standard InChI is InChI=1S/C11H19N3OS/c12-5-3-6-14-11(15)9-13-8-10-4-1-2-7-16-10/h10,13H,1-4,6-9H2,(H,14,15). The van der Waals surface area contributed by atoms with Crippen LogP contribution in [0.5, 0.6) is 0 Å². The quantitative estimate of drug-likeness (QED) is 0.678. The van der Waals surface area contributed by atoms with Crippen LogP contribution in [0.15, 0.2) is 0 Å². The Bertz CT molecular complexity index is 246. The Morgan fingerprint density at radius 1 is 1.50 bits per heavy atom. The molecule has 0 aromatic rings. The highest BCUT2D eigenvalue weighted by Gasteiger charge is 2.13. The van der Waals surface area contributed by atoms with Gasteiger partial charge in [-0.25, -0.2) is 0 Å². The molecule has 1 rings (SSSR count). The fourth-order valence-electron chi connectivity index (χ4n) is 1.64. The molecule has 1 aliphatic rings. The second-order valence-corrected chi connectivity index (χ2v) is 5.29. The first-order valence-corrected chi connectivity index (χ1v) is 6.84. The molecule has 5 heteroatoms. The lowest BCUT2D eigenvalue weighted by atomic mass is 10.2. The van der Waals surface area contributed by atoms with Gasteiger partial charge in [-0.1, -0.05) is 6.42 Å². The fourth-order valence-corrected chi connectivity index (χ4v) is 2.91. The average Bonchev–Trinajstić information content (AvgIpc) is 2.31. The van der Waals surface area contributed by atoms with Crippen LogP contribution in [0.4, 0.5) is 0 Å². The molecule has 1 amide bonds. The van der Waals surface area contributed by atoms with E-state index in [4.69, 9.17) is 5.26 Å². The van der Waals surface area contributed by atoms with Gasteiger partial charge >= 0.3 is 0 Å². The average molecular weight is 241 g/mol. The third-order valence-corrected chi connectivity index (χ3v) is 3.89. The Hall–Kier alpha value is -0.730. The molecule has 1 aliphatic heterocycles. The smallest absolute Gasteiger partial charge is 0.233 e. The van der Waals surface area contributed by atoms with Crippen molar-refractivity contribution in [3.8, 4) is 6.07 Å². The molecule has 0 radical (unpaired) electrons. The van der Waals surface area contributed by atoms with Crippen molar-refractivity contribution in [2.24, 2.45) is 0 Å². The highest BCUT2D eigenvalue weighted by molar-refractivity contribution is 7.99. The Kier molecular flexibility index (Phi) is 7.02. The number of thioether (sulfide) groups is 1. The van der Waals surface area contributed by atoms with E-state index in [-0.39, 0.29) is 5.91 Å². The summed E-state index contributed by atoms with van der Waals surface area (Å²) < 4.78 is 0. The van der Waals surface area contributed by atoms with Crippen LogP contribution < -0.4 is 10.6 Å². The number of carbonyl (C=O) groups excluding carboxylic acids is 1. The second-order valence-electron chi connectivity index (χ2n) is 3.88. The zero-order valence-electron chi connectivity index (χ0n) is 9.50. The molecule has 90 valence electrons. The van der Waals surface area contributed by atoms with E-state index < -0.39 is 0 Å². The van der Waals surface area contributed by atoms with Gasteiger partial charge in [-0.15, -0.1) is 0 Å². The van der Waals surface area contributed by atoms with Gasteiger partial charge in [0, 0.05) is 18.3 Å². The molecule has 4 nitrogen and oxygen atoms in total. The molecule has 1 saturated heterocycles. The molecule has 16 heavy (non-hydrogen) atoms. The van der Waals surface area contributed by atoms with Gasteiger partial charge in [0.25, 0.3) is 0 Å². The summed E-state index contributed by atoms with van der Waals surface area (Å²) in [6.07, 6.45) is 4.28. The number of nitriles is 1. The van der Waals surface area contributed by atoms with Crippen LogP contribution in [0, 0.1) is 11.3 Å². The minimum Gasteiger partial charge on any atom is -0.354 e. The number of hydrogen-bond donors (Lipinski definition) is 2. The first-order chi connectivity index (χ1) is 7.83. The van der Waals surface area contributed by atoms with E-state index in [9.17, 15) is 4.79 Å². The number of nitrogens with zero attached hydrogens (tertiary/aromatic N) is 1. The van der Waals surface area contributed by atoms with E-state index in [0.717, 1.165) is 6.54 Å². The molecule has 1 heterocycles. The van der Waals surface area contributed by atoms with Crippen LogP contribution in [0.25, 0.3) is 0 Å². The molecule has 0 aromatic carbocycles. The minimum absolute atomic E-state index is 0.0175. The summed E-state index contributed by atoms with van der Waals surface area (Å²) in [4.78, 5) is 11.3. The van der Waals surface area contributed by atoms with Crippen molar-refractivity contribution in [2.45, 2.75) is 30.9 Å². The van der Waals surface area contributed by atoms with E-state index in [1.54, 1.807) is 0 Å². The molecule has 1 fully saturated rings. The second kappa shape index (κ2) is 8.43. The maximum Gasteiger partial charge on any atom is 0.233 e. The first kappa shape index (κ1) is 13.3. The summed E-state index contributed by atoms with van der Waals surface area (Å²) in [5.41, 5.74) is 0. The van der Waals surface area contributed by atoms with Gasteiger partial charge in [-0.05, 0) is 18.6 Å². The third kappa shape index (κ3) is 5.99. The Morgan fingerprint density at radius 2 is 2.38 bits per heavy atom. The number of amides is 1. The summed E-state index contributed by atoms with van der Waals surface area (Å²) in [6.45, 7) is 1.73. The lowest BCUT2D eigenvalue weighted by Gasteiger charge is -2.21. The van der Waals surface area contributed by atoms with Crippen molar-refractivity contribution in [2.75, 3.05) is 25.4 Å². The molecule has 0 saturated carbocycles. The molecule has 0 aliphatic carbocycles. The molecule has 1 atom stereocenters. The van der Waals surface area contributed by atoms with Crippen molar-refractivity contribution < 1.29 is 4.79 Å². The number of nitrogens with one attached hydrogen (secondary N) is 2. The van der Waals surface area contributed by atoms with E-state index in [1.807, 2.05) is 17.8 Å². The predicted octanol–water partition coefficient (Wildman–Crippen LogP) is 0.892. The fraction of sp³-hybridized carbons (Fsp3) is 0.818. The highest BCUT2D eigenvalue weighted by Crippen LogP contribution is 2.23. The molecule has 0 aromatic heterocycles. The van der Waals surface area contributed by atoms with Crippen molar-refractivity contribution in [3.63, 3.8) is 0 Å². The zero-order chi connectivity index (χ0) is 11.6. The number of carbonyl (C=O) groups is 1. The van der Waals surface area contributed by atoms with Crippen molar-refractivity contribution in [1.29, 1.82) is 5.26 Å². The largest absolute Gasteiger partial charge is 0.354 e. The van der Waals surface area contributed by atoms with Crippen molar-refractivity contribution >= 4 is 17.7 Å². The topological polar surface area (TPSA) is 64.9 Å². The predicted molar refractivity (Wildman–Crippen MR) is 66.2 cm³/mol. The van der Waals surface area contributed by atoms with Crippen LogP contribution >= 0.6 is 11.8 Å². The number of hydrogen-bond acceptors (Lipinski definition) is 4. The molecular formula is C11H19N3OS. The highest BCUT2D eigenvalue weighted by atomic mass is 32.2. The SMILES string of the molecule is N#CCCNC(=O)CNCC1CCCCS1. The van der Waals surface area contributed by atoms with Crippen LogP contribution in [-0.2, 0) is 4.79 Å². The van der Waals surface area contributed by atoms with Gasteiger partial charge < -0.3 is 10.6 Å². The maximum atomic E-state index is 11.3. The van der Waals surface area contributed by atoms with Crippen LogP contribution in [0.1, 0.15) is 25.7 Å². The molecule has 0 bridgehead atoms. The van der Waals surface area contributed by atoms with Gasteiger partial charge in [0.1, 0.15) is 0 Å². The normalized spacial score (nSPS) is 20.1. The van der Waals surface area contributed by atoms with E-state index in [1.165, 1.54) is 25.0 Å². The maximum absolute atomic E-state index is 11.3. The summed E-state index contributed by atoms with van der Waals surface area (Å²) in [7, 11) is 0. The van der Waals surface area contributed by atoms with Crippen LogP contribution in [0.3, 0.4) is 0 Å². The lowest BCUT2D eigenvalue weighted by molar-refractivity contribution is -0.120. The molecule has 2 N–H and O–H groups in total. The Morgan fingerprint density at radius 3 is 3.06 bits per heavy atom. The monoisotopic (exact) mass is 241 g/mol. The zero-order valence-corrected chi connectivity index (χ0v) is 10.3. The lowest BCUT2D eigenvalue weighted by Crippen LogP contribution is -2.37. The third-order valence-electron chi connectivity index (χ3n) is 2.49. The van der Waals surface area contributed by atoms with Crippen LogP contribution in [0.2, 0.25) is 0 Å². The van der Waals surface area contributed by atoms with E-state index in [0.29, 0.717) is 24.8 Å². The molecule has 0 spiro atoms. The van der Waals surface area contributed by atoms with Gasteiger partial charge in [-0.3, -0.25) is 4.79 Å². The van der Waals surface area contributed by atoms with Crippen LogP contribution in [-0.4, -0.2) is 36.5 Å². The first-order valence-electron chi connectivity index (χ1n) is 5.79. The van der Waals surface area contributed by atoms with Gasteiger partial charge in [0.2, 0.25) is 5.91 Å². The summed E-state index contributed by atoms with van der Waals surface area (Å²) >= 11 is 2.00. The molecule has 1 unspecified atom stereocenters. The Balaban J connectivity index is 1.97. The summed E-state index contributed by atoms with van der Waals surface area (Å²) in [5, 5.41) is 14.8. The molecular weight excluding hydrogens is 222 g/mol. The number of rotatable bonds is 6.